The molecule has 0 saturated heterocycles. The lowest BCUT2D eigenvalue weighted by molar-refractivity contribution is -0.166. The van der Waals surface area contributed by atoms with Gasteiger partial charge in [-0.2, -0.15) is 0 Å². The van der Waals surface area contributed by atoms with Crippen LogP contribution in [0.25, 0.3) is 0 Å². The quantitative estimate of drug-likeness (QED) is 0.0200. The molecule has 0 aromatic carbocycles. The normalized spacial score (nSPS) is 13.7. The van der Waals surface area contributed by atoms with Gasteiger partial charge in [0.2, 0.25) is 0 Å². The molecule has 0 amide bonds. The molecule has 0 aliphatic carbocycles. The zero-order valence-electron chi connectivity index (χ0n) is 40.4. The molecule has 0 fully saturated rings. The van der Waals surface area contributed by atoms with Crippen molar-refractivity contribution in [3.05, 3.63) is 182 Å². The molecular formula is C59H84O6. The van der Waals surface area contributed by atoms with E-state index in [-0.39, 0.29) is 38.0 Å². The standard InChI is InChI=1S/C59H84O6/c1-4-7-10-13-16-19-22-25-27-29-30-32-34-37-40-43-46-49-52-58(61)64-55-56(54-63-57(60)51-48-45-42-39-36-33-24-21-18-15-12-9-6-3)65-59(62)53-50-47-44-41-38-35-31-28-26-23-20-17-14-11-8-5-2/h8-13,15-22,24-30,32-33,35-36,38-39,42,44,47,56H,4-7,14,23,31,34,37,40-41,43,45-46,48-55H2,1-3H3/b11-8+,12-9+,13-10+,18-15+,19-16+,20-17+,24-21+,25-22+,28-26+,29-27+,32-30+,36-33+,38-35+,42-39+,47-44+. The third kappa shape index (κ3) is 49.4. The van der Waals surface area contributed by atoms with Crippen LogP contribution in [0.2, 0.25) is 0 Å². The second-order valence-electron chi connectivity index (χ2n) is 15.1. The van der Waals surface area contributed by atoms with Crippen molar-refractivity contribution < 1.29 is 28.6 Å². The summed E-state index contributed by atoms with van der Waals surface area (Å²) in [6.07, 6.45) is 77.4. The second-order valence-corrected chi connectivity index (χ2v) is 15.1. The van der Waals surface area contributed by atoms with Crippen LogP contribution in [0.15, 0.2) is 182 Å². The molecule has 0 aromatic heterocycles. The van der Waals surface area contributed by atoms with E-state index >= 15 is 0 Å². The van der Waals surface area contributed by atoms with Crippen molar-refractivity contribution in [3.8, 4) is 0 Å². The molecule has 6 heteroatoms. The van der Waals surface area contributed by atoms with Crippen LogP contribution in [0.4, 0.5) is 0 Å². The molecule has 65 heavy (non-hydrogen) atoms. The highest BCUT2D eigenvalue weighted by atomic mass is 16.6. The summed E-state index contributed by atoms with van der Waals surface area (Å²) < 4.78 is 16.6. The Hall–Kier alpha value is -5.49. The molecule has 0 aromatic rings. The van der Waals surface area contributed by atoms with Gasteiger partial charge in [0, 0.05) is 19.3 Å². The first-order chi connectivity index (χ1) is 32.0. The number of esters is 3. The summed E-state index contributed by atoms with van der Waals surface area (Å²) >= 11 is 0. The maximum absolute atomic E-state index is 12.7. The number of allylic oxidation sites excluding steroid dienone is 30. The van der Waals surface area contributed by atoms with Gasteiger partial charge in [-0.05, 0) is 83.5 Å². The van der Waals surface area contributed by atoms with Gasteiger partial charge < -0.3 is 14.2 Å². The number of rotatable bonds is 40. The van der Waals surface area contributed by atoms with Gasteiger partial charge in [0.05, 0.1) is 0 Å². The Morgan fingerprint density at radius 2 is 0.723 bits per heavy atom. The number of carbonyl (C=O) groups is 3. The monoisotopic (exact) mass is 889 g/mol. The maximum Gasteiger partial charge on any atom is 0.306 e. The van der Waals surface area contributed by atoms with Gasteiger partial charge >= 0.3 is 17.9 Å². The van der Waals surface area contributed by atoms with Crippen LogP contribution in [0.3, 0.4) is 0 Å². The zero-order chi connectivity index (χ0) is 47.2. The van der Waals surface area contributed by atoms with Crippen LogP contribution in [0.1, 0.15) is 149 Å². The first-order valence-electron chi connectivity index (χ1n) is 24.4. The number of hydrogen-bond donors (Lipinski definition) is 0. The van der Waals surface area contributed by atoms with E-state index < -0.39 is 12.1 Å². The Labute approximate surface area is 395 Å². The van der Waals surface area contributed by atoms with Crippen molar-refractivity contribution in [1.82, 2.24) is 0 Å². The Balaban J connectivity index is 4.70. The van der Waals surface area contributed by atoms with Crippen molar-refractivity contribution in [2.75, 3.05) is 13.2 Å². The largest absolute Gasteiger partial charge is 0.462 e. The van der Waals surface area contributed by atoms with Crippen LogP contribution in [0.5, 0.6) is 0 Å². The third-order valence-electron chi connectivity index (χ3n) is 9.13. The molecule has 0 aliphatic rings. The molecule has 0 radical (unpaired) electrons. The van der Waals surface area contributed by atoms with Gasteiger partial charge in [0.25, 0.3) is 0 Å². The predicted octanol–water partition coefficient (Wildman–Crippen LogP) is 16.2. The summed E-state index contributed by atoms with van der Waals surface area (Å²) in [6.45, 7) is 6.09. The Kier molecular flexibility index (Phi) is 46.8. The van der Waals surface area contributed by atoms with E-state index in [2.05, 4.69) is 99.8 Å². The lowest BCUT2D eigenvalue weighted by Gasteiger charge is -2.18. The Morgan fingerprint density at radius 3 is 1.22 bits per heavy atom. The smallest absolute Gasteiger partial charge is 0.306 e. The molecule has 6 nitrogen and oxygen atoms in total. The summed E-state index contributed by atoms with van der Waals surface area (Å²) in [5, 5.41) is 0. The Morgan fingerprint density at radius 1 is 0.338 bits per heavy atom. The van der Waals surface area contributed by atoms with E-state index in [1.807, 2.05) is 103 Å². The minimum absolute atomic E-state index is 0.155. The van der Waals surface area contributed by atoms with Crippen LogP contribution in [-0.4, -0.2) is 37.2 Å². The highest BCUT2D eigenvalue weighted by Crippen LogP contribution is 2.10. The van der Waals surface area contributed by atoms with Crippen LogP contribution < -0.4 is 0 Å². The van der Waals surface area contributed by atoms with Crippen LogP contribution in [0, 0.1) is 0 Å². The van der Waals surface area contributed by atoms with Gasteiger partial charge in [-0.25, -0.2) is 0 Å². The molecule has 0 spiro atoms. The number of ether oxygens (including phenoxy) is 3. The van der Waals surface area contributed by atoms with E-state index in [4.69, 9.17) is 14.2 Å². The minimum Gasteiger partial charge on any atom is -0.462 e. The van der Waals surface area contributed by atoms with Gasteiger partial charge in [-0.1, -0.05) is 229 Å². The predicted molar refractivity (Wildman–Crippen MR) is 278 cm³/mol. The zero-order valence-corrected chi connectivity index (χ0v) is 40.4. The van der Waals surface area contributed by atoms with Gasteiger partial charge in [-0.15, -0.1) is 0 Å². The molecule has 0 N–H and O–H groups in total. The number of unbranched alkanes of at least 4 members (excludes halogenated alkanes) is 7. The Bertz CT molecular complexity index is 1630. The fourth-order valence-electron chi connectivity index (χ4n) is 5.55. The van der Waals surface area contributed by atoms with E-state index in [9.17, 15) is 14.4 Å². The average molecular weight is 889 g/mol. The molecule has 1 atom stereocenters. The summed E-state index contributed by atoms with van der Waals surface area (Å²) in [5.41, 5.74) is 0. The average Bonchev–Trinajstić information content (AvgIpc) is 3.30. The molecule has 0 aliphatic heterocycles. The van der Waals surface area contributed by atoms with Crippen LogP contribution >= 0.6 is 0 Å². The van der Waals surface area contributed by atoms with Crippen LogP contribution in [-0.2, 0) is 28.6 Å². The maximum atomic E-state index is 12.7. The van der Waals surface area contributed by atoms with E-state index in [1.165, 1.54) is 6.42 Å². The number of carbonyl (C=O) groups excluding carboxylic acids is 3. The molecule has 356 valence electrons. The SMILES string of the molecule is CC/C=C/C=C/C=C/C=C/C=C/CCCC(=O)OCC(COC(=O)CCCCCCC/C=C/C=C/C=C/C=C/C=C/CCC)OC(=O)CC/C=C/C/C=C/C/C=C/C/C=C/C/C=C/CC. The lowest BCUT2D eigenvalue weighted by atomic mass is 10.1. The summed E-state index contributed by atoms with van der Waals surface area (Å²) in [6, 6.07) is 0. The summed E-state index contributed by atoms with van der Waals surface area (Å²) in [4.78, 5) is 37.9. The van der Waals surface area contributed by atoms with E-state index in [0.717, 1.165) is 89.9 Å². The van der Waals surface area contributed by atoms with Gasteiger partial charge in [0.15, 0.2) is 6.10 Å². The van der Waals surface area contributed by atoms with Gasteiger partial charge in [-0.3, -0.25) is 14.4 Å². The topological polar surface area (TPSA) is 78.9 Å². The molecule has 0 rings (SSSR count). The molecule has 1 unspecified atom stereocenters. The first kappa shape index (κ1) is 59.5. The minimum atomic E-state index is -0.868. The lowest BCUT2D eigenvalue weighted by Crippen LogP contribution is -2.30. The number of hydrogen-bond acceptors (Lipinski definition) is 6. The van der Waals surface area contributed by atoms with Crippen molar-refractivity contribution in [1.29, 1.82) is 0 Å². The molecule has 0 bridgehead atoms. The van der Waals surface area contributed by atoms with Crippen molar-refractivity contribution >= 4 is 17.9 Å². The summed E-state index contributed by atoms with van der Waals surface area (Å²) in [7, 11) is 0. The molecule has 0 saturated carbocycles. The van der Waals surface area contributed by atoms with Crippen molar-refractivity contribution in [2.24, 2.45) is 0 Å². The van der Waals surface area contributed by atoms with Gasteiger partial charge in [0.1, 0.15) is 13.2 Å². The summed E-state index contributed by atoms with van der Waals surface area (Å²) in [5.74, 6) is -1.16. The second kappa shape index (κ2) is 51.1. The van der Waals surface area contributed by atoms with Crippen molar-refractivity contribution in [2.45, 2.75) is 155 Å². The fraction of sp³-hybridized carbons (Fsp3) is 0.441. The first-order valence-corrected chi connectivity index (χ1v) is 24.4. The van der Waals surface area contributed by atoms with E-state index in [1.54, 1.807) is 0 Å². The highest BCUT2D eigenvalue weighted by Gasteiger charge is 2.19. The van der Waals surface area contributed by atoms with Crippen molar-refractivity contribution in [3.63, 3.8) is 0 Å². The van der Waals surface area contributed by atoms with E-state index in [0.29, 0.717) is 19.3 Å². The third-order valence-corrected chi connectivity index (χ3v) is 9.13. The highest BCUT2D eigenvalue weighted by molar-refractivity contribution is 5.71. The molecule has 0 heterocycles. The molecular weight excluding hydrogens is 805 g/mol. The fourth-order valence-corrected chi connectivity index (χ4v) is 5.55.